The molecule has 2 aliphatic rings. The Labute approximate surface area is 101 Å². The van der Waals surface area contributed by atoms with Gasteiger partial charge in [-0.3, -0.25) is 0 Å². The van der Waals surface area contributed by atoms with Crippen molar-refractivity contribution in [2.45, 2.75) is 25.8 Å². The summed E-state index contributed by atoms with van der Waals surface area (Å²) in [5.74, 6) is 0.797. The van der Waals surface area contributed by atoms with Crippen LogP contribution in [-0.2, 0) is 0 Å². The molecule has 1 N–H and O–H groups in total. The quantitative estimate of drug-likeness (QED) is 0.756. The summed E-state index contributed by atoms with van der Waals surface area (Å²) in [5.41, 5.74) is 3.69. The molecule has 0 radical (unpaired) electrons. The van der Waals surface area contributed by atoms with Crippen LogP contribution in [0.25, 0.3) is 5.57 Å². The Hall–Kier alpha value is -0.860. The summed E-state index contributed by atoms with van der Waals surface area (Å²) >= 11 is 5.95. The molecule has 3 heteroatoms. The molecule has 1 aromatic heterocycles. The van der Waals surface area contributed by atoms with Gasteiger partial charge in [-0.2, -0.15) is 0 Å². The second-order valence-electron chi connectivity index (χ2n) is 4.71. The van der Waals surface area contributed by atoms with E-state index in [2.05, 4.69) is 22.4 Å². The average Bonchev–Trinajstić information content (AvgIpc) is 2.83. The molecule has 1 fully saturated rings. The van der Waals surface area contributed by atoms with E-state index in [9.17, 15) is 0 Å². The number of aromatic nitrogens is 1. The van der Waals surface area contributed by atoms with Crippen LogP contribution in [0, 0.1) is 12.8 Å². The fourth-order valence-corrected chi connectivity index (χ4v) is 2.90. The maximum atomic E-state index is 5.95. The van der Waals surface area contributed by atoms with Gasteiger partial charge in [0, 0.05) is 12.2 Å². The third-order valence-electron chi connectivity index (χ3n) is 3.67. The molecule has 1 aliphatic carbocycles. The van der Waals surface area contributed by atoms with Crippen LogP contribution in [0.3, 0.4) is 0 Å². The Bertz CT molecular complexity index is 453. The maximum absolute atomic E-state index is 5.95. The molecule has 0 amide bonds. The number of hydrogen-bond acceptors (Lipinski definition) is 2. The Balaban J connectivity index is 1.95. The number of aryl methyl sites for hydroxylation is 1. The van der Waals surface area contributed by atoms with Crippen LogP contribution in [0.1, 0.15) is 24.0 Å². The van der Waals surface area contributed by atoms with Crippen LogP contribution in [0.5, 0.6) is 0 Å². The number of pyridine rings is 1. The molecule has 1 aromatic rings. The van der Waals surface area contributed by atoms with E-state index in [1.165, 1.54) is 24.0 Å². The highest BCUT2D eigenvalue weighted by Crippen LogP contribution is 2.37. The van der Waals surface area contributed by atoms with Crippen LogP contribution >= 0.6 is 11.6 Å². The molecule has 0 saturated carbocycles. The SMILES string of the molecule is Cc1cc(C2=CC[C@@H]3CCN[C@H]23)cnc1Cl. The number of rotatable bonds is 1. The highest BCUT2D eigenvalue weighted by molar-refractivity contribution is 6.30. The predicted molar refractivity (Wildman–Crippen MR) is 66.5 cm³/mol. The van der Waals surface area contributed by atoms with Gasteiger partial charge in [0.2, 0.25) is 0 Å². The van der Waals surface area contributed by atoms with Gasteiger partial charge in [-0.25, -0.2) is 4.98 Å². The van der Waals surface area contributed by atoms with E-state index >= 15 is 0 Å². The molecule has 16 heavy (non-hydrogen) atoms. The zero-order valence-corrected chi connectivity index (χ0v) is 10.1. The lowest BCUT2D eigenvalue weighted by Crippen LogP contribution is -2.24. The van der Waals surface area contributed by atoms with Gasteiger partial charge in [0.25, 0.3) is 0 Å². The van der Waals surface area contributed by atoms with E-state index in [0.717, 1.165) is 18.0 Å². The summed E-state index contributed by atoms with van der Waals surface area (Å²) < 4.78 is 0. The highest BCUT2D eigenvalue weighted by atomic mass is 35.5. The van der Waals surface area contributed by atoms with Crippen LogP contribution in [0.2, 0.25) is 5.15 Å². The minimum Gasteiger partial charge on any atom is -0.310 e. The Kier molecular flexibility index (Phi) is 2.49. The molecular formula is C13H15ClN2. The van der Waals surface area contributed by atoms with Crippen molar-refractivity contribution in [3.05, 3.63) is 34.6 Å². The average molecular weight is 235 g/mol. The van der Waals surface area contributed by atoms with Crippen molar-refractivity contribution < 1.29 is 0 Å². The molecule has 1 aliphatic heterocycles. The number of nitrogens with zero attached hydrogens (tertiary/aromatic N) is 1. The predicted octanol–water partition coefficient (Wildman–Crippen LogP) is 2.81. The zero-order chi connectivity index (χ0) is 11.1. The first-order chi connectivity index (χ1) is 7.75. The fourth-order valence-electron chi connectivity index (χ4n) is 2.79. The van der Waals surface area contributed by atoms with Crippen molar-refractivity contribution in [2.75, 3.05) is 6.54 Å². The molecular weight excluding hydrogens is 220 g/mol. The van der Waals surface area contributed by atoms with E-state index in [1.807, 2.05) is 13.1 Å². The molecule has 0 spiro atoms. The van der Waals surface area contributed by atoms with E-state index in [-0.39, 0.29) is 0 Å². The Morgan fingerprint density at radius 1 is 1.50 bits per heavy atom. The monoisotopic (exact) mass is 234 g/mol. The lowest BCUT2D eigenvalue weighted by atomic mass is 9.97. The first-order valence-corrected chi connectivity index (χ1v) is 6.19. The van der Waals surface area contributed by atoms with E-state index in [1.54, 1.807) is 0 Å². The van der Waals surface area contributed by atoms with Crippen LogP contribution in [-0.4, -0.2) is 17.6 Å². The number of nitrogens with one attached hydrogen (secondary N) is 1. The summed E-state index contributed by atoms with van der Waals surface area (Å²) in [6, 6.07) is 2.69. The summed E-state index contributed by atoms with van der Waals surface area (Å²) in [6.07, 6.45) is 6.74. The first-order valence-electron chi connectivity index (χ1n) is 5.81. The molecule has 2 heterocycles. The van der Waals surface area contributed by atoms with Crippen molar-refractivity contribution >= 4 is 17.2 Å². The minimum atomic E-state index is 0.544. The molecule has 1 saturated heterocycles. The summed E-state index contributed by atoms with van der Waals surface area (Å²) in [6.45, 7) is 3.15. The lowest BCUT2D eigenvalue weighted by molar-refractivity contribution is 0.557. The standard InChI is InChI=1S/C13H15ClN2/c1-8-6-10(7-16-13(8)14)11-3-2-9-4-5-15-12(9)11/h3,6-7,9,12,15H,2,4-5H2,1H3/t9-,12+/m1/s1. The van der Waals surface area contributed by atoms with Crippen LogP contribution in [0.4, 0.5) is 0 Å². The van der Waals surface area contributed by atoms with Gasteiger partial charge < -0.3 is 5.32 Å². The van der Waals surface area contributed by atoms with Gasteiger partial charge in [-0.05, 0) is 55.0 Å². The molecule has 2 nitrogen and oxygen atoms in total. The fraction of sp³-hybridized carbons (Fsp3) is 0.462. The summed E-state index contributed by atoms with van der Waals surface area (Å²) in [7, 11) is 0. The third kappa shape index (κ3) is 1.57. The normalized spacial score (nSPS) is 28.0. The summed E-state index contributed by atoms with van der Waals surface area (Å²) in [4.78, 5) is 4.23. The van der Waals surface area contributed by atoms with Crippen molar-refractivity contribution in [3.63, 3.8) is 0 Å². The number of halogens is 1. The van der Waals surface area contributed by atoms with Gasteiger partial charge >= 0.3 is 0 Å². The highest BCUT2D eigenvalue weighted by Gasteiger charge is 2.33. The maximum Gasteiger partial charge on any atom is 0.131 e. The van der Waals surface area contributed by atoms with E-state index < -0.39 is 0 Å². The third-order valence-corrected chi connectivity index (χ3v) is 4.07. The van der Waals surface area contributed by atoms with Crippen LogP contribution in [0.15, 0.2) is 18.3 Å². The molecule has 0 bridgehead atoms. The Morgan fingerprint density at radius 2 is 2.38 bits per heavy atom. The van der Waals surface area contributed by atoms with Crippen molar-refractivity contribution in [3.8, 4) is 0 Å². The number of allylic oxidation sites excluding steroid dienone is 1. The summed E-state index contributed by atoms with van der Waals surface area (Å²) in [5, 5.41) is 4.18. The molecule has 84 valence electrons. The molecule has 0 aromatic carbocycles. The van der Waals surface area contributed by atoms with Crippen LogP contribution < -0.4 is 5.32 Å². The molecule has 3 rings (SSSR count). The van der Waals surface area contributed by atoms with Crippen molar-refractivity contribution in [2.24, 2.45) is 5.92 Å². The van der Waals surface area contributed by atoms with Gasteiger partial charge in [-0.1, -0.05) is 17.7 Å². The first kappa shape index (κ1) is 10.3. The molecule has 0 unspecified atom stereocenters. The number of fused-ring (bicyclic) bond motifs is 1. The van der Waals surface area contributed by atoms with E-state index in [4.69, 9.17) is 11.6 Å². The van der Waals surface area contributed by atoms with Crippen molar-refractivity contribution in [1.29, 1.82) is 0 Å². The van der Waals surface area contributed by atoms with Gasteiger partial charge in [0.05, 0.1) is 0 Å². The Morgan fingerprint density at radius 3 is 3.19 bits per heavy atom. The smallest absolute Gasteiger partial charge is 0.131 e. The van der Waals surface area contributed by atoms with Gasteiger partial charge in [-0.15, -0.1) is 0 Å². The second-order valence-corrected chi connectivity index (χ2v) is 5.07. The van der Waals surface area contributed by atoms with E-state index in [0.29, 0.717) is 11.2 Å². The second kappa shape index (κ2) is 3.86. The minimum absolute atomic E-state index is 0.544. The van der Waals surface area contributed by atoms with Gasteiger partial charge in [0.1, 0.15) is 5.15 Å². The topological polar surface area (TPSA) is 24.9 Å². The zero-order valence-electron chi connectivity index (χ0n) is 9.33. The van der Waals surface area contributed by atoms with Crippen molar-refractivity contribution in [1.82, 2.24) is 10.3 Å². The molecule has 2 atom stereocenters. The lowest BCUT2D eigenvalue weighted by Gasteiger charge is -2.15. The number of hydrogen-bond donors (Lipinski definition) is 1. The largest absolute Gasteiger partial charge is 0.310 e. The van der Waals surface area contributed by atoms with Gasteiger partial charge in [0.15, 0.2) is 0 Å².